The van der Waals surface area contributed by atoms with Gasteiger partial charge in [0.05, 0.1) is 44.3 Å². The molecule has 6 aromatic rings. The van der Waals surface area contributed by atoms with Crippen LogP contribution >= 0.6 is 45.9 Å². The van der Waals surface area contributed by atoms with Crippen molar-refractivity contribution in [3.63, 3.8) is 0 Å². The van der Waals surface area contributed by atoms with Gasteiger partial charge in [0.2, 0.25) is 11.1 Å². The largest absolute Gasteiger partial charge is 1.00 e. The van der Waals surface area contributed by atoms with Crippen molar-refractivity contribution in [3.8, 4) is 28.5 Å². The first-order valence-electron chi connectivity index (χ1n) is 15.1. The monoisotopic (exact) mass is 974 g/mol. The third-order valence-electron chi connectivity index (χ3n) is 6.58. The number of rotatable bonds is 10. The molecule has 4 aromatic heterocycles. The Bertz CT molecular complexity index is 2520. The van der Waals surface area contributed by atoms with E-state index < -0.39 is 41.0 Å². The first-order valence-corrected chi connectivity index (χ1v) is 19.1. The summed E-state index contributed by atoms with van der Waals surface area (Å²) in [5, 5.41) is 18.3. The third-order valence-corrected chi connectivity index (χ3v) is 9.97. The molecule has 13 N–H and O–H groups in total. The van der Waals surface area contributed by atoms with E-state index >= 15 is 0 Å². The molecule has 310 valence electrons. The van der Waals surface area contributed by atoms with E-state index in [1.54, 1.807) is 48.5 Å². The molecule has 0 saturated carbocycles. The van der Waals surface area contributed by atoms with E-state index in [1.807, 2.05) is 0 Å². The molecule has 27 heteroatoms. The van der Waals surface area contributed by atoms with Gasteiger partial charge in [-0.05, 0) is 24.3 Å². The number of ether oxygens (including phenoxy) is 1. The molecule has 60 heavy (non-hydrogen) atoms. The summed E-state index contributed by atoms with van der Waals surface area (Å²) in [6.07, 6.45) is 1.48. The molecule has 0 saturated heterocycles. The van der Waals surface area contributed by atoms with Crippen molar-refractivity contribution in [2.24, 2.45) is 22.9 Å². The number of carbonyl (C=O) groups is 5. The fraction of sp³-hybridized carbons (Fsp3) is 0.121. The van der Waals surface area contributed by atoms with Crippen LogP contribution in [0, 0.1) is 0 Å². The predicted molar refractivity (Wildman–Crippen MR) is 220 cm³/mol. The fourth-order valence-corrected chi connectivity index (χ4v) is 7.15. The van der Waals surface area contributed by atoms with Crippen LogP contribution in [0.1, 0.15) is 28.2 Å². The molecule has 0 radical (unpaired) electrons. The minimum Gasteiger partial charge on any atom is -1.00 e. The van der Waals surface area contributed by atoms with Crippen LogP contribution in [0.25, 0.3) is 42.9 Å². The molecule has 0 fully saturated rings. The summed E-state index contributed by atoms with van der Waals surface area (Å²) >= 11 is 14.2. The van der Waals surface area contributed by atoms with Crippen molar-refractivity contribution in [2.75, 3.05) is 30.9 Å². The molecular formula is C33H34Cl2K2N10O10S3. The second kappa shape index (κ2) is 27.3. The van der Waals surface area contributed by atoms with Crippen LogP contribution in [0.2, 0.25) is 10.0 Å². The molecule has 2 aromatic carbocycles. The van der Waals surface area contributed by atoms with Crippen molar-refractivity contribution < 1.29 is 152 Å². The van der Waals surface area contributed by atoms with Gasteiger partial charge >= 0.3 is 109 Å². The standard InChI is InChI=1S/C15H12ClN5O3S.C14H11ClN4O2S2.C2H5NO2.CH2O3.CH4.2K.H/c16-7-3-1-2-6(4-7)11-9-10(18)12(13(19)23)25-14(9)21-15(20-11)24-5-8(17)22;1-23(21)14-18-10(6-3-2-4-7(15)5-6)8-9(16)11(12(17)20)22-13(8)19-14;3-2(5)1-4;2-1-4-3;;;;/h1-4H,5,18H2,(H2,17,22)(H2,19,23);2-5H,16H2,1H3,(H2,17,20);4H,1H2,(H2,3,5);1,3H;1H4;;;/q;;;;;2*+1;-1/p-1. The molecule has 4 amide bonds. The third kappa shape index (κ3) is 15.8. The summed E-state index contributed by atoms with van der Waals surface area (Å²) in [5.41, 5.74) is 34.9. The van der Waals surface area contributed by atoms with Crippen molar-refractivity contribution in [3.05, 3.63) is 68.3 Å². The number of primary amides is 4. The van der Waals surface area contributed by atoms with Gasteiger partial charge in [-0.15, -0.1) is 22.7 Å². The van der Waals surface area contributed by atoms with Crippen LogP contribution < -0.4 is 147 Å². The summed E-state index contributed by atoms with van der Waals surface area (Å²) < 4.78 is 17.0. The number of nitrogens with two attached hydrogens (primary N) is 6. The molecule has 1 unspecified atom stereocenters. The molecule has 0 bridgehead atoms. The van der Waals surface area contributed by atoms with Crippen LogP contribution in [-0.4, -0.2) is 78.8 Å². The van der Waals surface area contributed by atoms with Gasteiger partial charge in [-0.25, -0.2) is 9.97 Å². The molecule has 1 atom stereocenters. The normalized spacial score (nSPS) is 10.2. The molecule has 0 aliphatic heterocycles. The molecule has 0 spiro atoms. The van der Waals surface area contributed by atoms with E-state index in [1.165, 1.54) is 6.26 Å². The fourth-order valence-electron chi connectivity index (χ4n) is 4.39. The summed E-state index contributed by atoms with van der Waals surface area (Å²) in [5.74, 6) is -2.67. The van der Waals surface area contributed by atoms with E-state index in [0.717, 1.165) is 22.7 Å². The van der Waals surface area contributed by atoms with Gasteiger partial charge in [-0.1, -0.05) is 54.9 Å². The maximum absolute atomic E-state index is 11.8. The number of benzene rings is 2. The Labute approximate surface area is 447 Å². The zero-order chi connectivity index (χ0) is 42.6. The van der Waals surface area contributed by atoms with Gasteiger partial charge in [0.25, 0.3) is 24.2 Å². The predicted octanol–water partition coefficient (Wildman–Crippen LogP) is -4.36. The second-order valence-electron chi connectivity index (χ2n) is 10.5. The van der Waals surface area contributed by atoms with Gasteiger partial charge in [0, 0.05) is 27.4 Å². The average molecular weight is 976 g/mol. The van der Waals surface area contributed by atoms with Crippen LogP contribution in [0.4, 0.5) is 11.4 Å². The van der Waals surface area contributed by atoms with E-state index in [9.17, 15) is 23.4 Å². The summed E-state index contributed by atoms with van der Waals surface area (Å²) in [6, 6.07) is 13.9. The Morgan fingerprint density at radius 3 is 1.58 bits per heavy atom. The van der Waals surface area contributed by atoms with Crippen LogP contribution in [0.5, 0.6) is 6.01 Å². The number of hydrogen-bond donors (Lipinski definition) is 7. The Morgan fingerprint density at radius 2 is 1.23 bits per heavy atom. The van der Waals surface area contributed by atoms with E-state index in [4.69, 9.17) is 71.8 Å². The van der Waals surface area contributed by atoms with E-state index in [2.05, 4.69) is 30.6 Å². The summed E-state index contributed by atoms with van der Waals surface area (Å²) in [6.45, 7) is -1.12. The number of thiophene rings is 2. The number of amides is 4. The number of nitrogens with zero attached hydrogens (tertiary/aromatic N) is 4. The number of aromatic nitrogens is 4. The van der Waals surface area contributed by atoms with Gasteiger partial charge in [0.15, 0.2) is 6.61 Å². The molecule has 0 aliphatic rings. The van der Waals surface area contributed by atoms with E-state index in [-0.39, 0.29) is 157 Å². The number of hydrogen-bond acceptors (Lipinski definition) is 18. The number of fused-ring (bicyclic) bond motifs is 2. The van der Waals surface area contributed by atoms with Crippen molar-refractivity contribution in [1.82, 2.24) is 19.9 Å². The molecule has 0 aliphatic carbocycles. The Hall–Kier alpha value is -2.81. The van der Waals surface area contributed by atoms with E-state index in [0.29, 0.717) is 53.0 Å². The number of aliphatic hydroxyl groups excluding tert-OH is 1. The molecule has 20 nitrogen and oxygen atoms in total. The Morgan fingerprint density at radius 1 is 0.817 bits per heavy atom. The molecule has 4 heterocycles. The smallest absolute Gasteiger partial charge is 1.00 e. The minimum atomic E-state index is -1.39. The Kier molecular flexibility index (Phi) is 26.0. The summed E-state index contributed by atoms with van der Waals surface area (Å²) in [7, 11) is -1.39. The van der Waals surface area contributed by atoms with Crippen molar-refractivity contribution in [1.29, 1.82) is 0 Å². The maximum atomic E-state index is 11.8. The topological polar surface area (TPSA) is 372 Å². The number of halogens is 2. The average Bonchev–Trinajstić information content (AvgIpc) is 3.70. The SMILES string of the molecule is C.CS(=O)c1nc(-c2cccc(Cl)c2)c2c(N)c(C(N)=O)sc2n1.NC(=O)CO.NC(=O)COc1nc(-c2cccc(Cl)c2)c2c(N)c(C(N)=O)sc2n1.O=CO[O-].[H-].[K+].[K+]. The zero-order valence-electron chi connectivity index (χ0n) is 32.0. The van der Waals surface area contributed by atoms with Gasteiger partial charge in [-0.2, -0.15) is 9.97 Å². The molecular weight excluding hydrogens is 942 g/mol. The number of aliphatic hydroxyl groups is 1. The van der Waals surface area contributed by atoms with Crippen molar-refractivity contribution >= 4 is 119 Å². The molecule has 6 rings (SSSR count). The number of anilines is 2. The second-order valence-corrected chi connectivity index (χ2v) is 14.7. The first kappa shape index (κ1) is 57.2. The zero-order valence-corrected chi connectivity index (χ0v) is 41.2. The number of nitrogen functional groups attached to an aromatic ring is 2. The Balaban J connectivity index is 0. The van der Waals surface area contributed by atoms with Gasteiger partial charge in [-0.3, -0.25) is 28.2 Å². The van der Waals surface area contributed by atoms with Crippen LogP contribution in [-0.2, 0) is 30.1 Å². The first-order chi connectivity index (χ1) is 26.9. The number of carbonyl (C=O) groups excluding carboxylic acids is 5. The van der Waals surface area contributed by atoms with Gasteiger partial charge in [0.1, 0.15) is 26.0 Å². The van der Waals surface area contributed by atoms with Crippen LogP contribution in [0.15, 0.2) is 53.7 Å². The summed E-state index contributed by atoms with van der Waals surface area (Å²) in [4.78, 5) is 72.9. The maximum Gasteiger partial charge on any atom is 1.00 e. The minimum absolute atomic E-state index is 0. The van der Waals surface area contributed by atoms with Crippen molar-refractivity contribution in [2.45, 2.75) is 12.6 Å². The van der Waals surface area contributed by atoms with Gasteiger partial charge < -0.3 is 55.8 Å². The van der Waals surface area contributed by atoms with Crippen LogP contribution in [0.3, 0.4) is 0 Å². The quantitative estimate of drug-likeness (QED) is 0.0224.